The third-order valence-corrected chi connectivity index (χ3v) is 2.33. The first-order valence-corrected chi connectivity index (χ1v) is 5.28. The number of hydrogen-bond acceptors (Lipinski definition) is 2. The average Bonchev–Trinajstić information content (AvgIpc) is 2.15. The third-order valence-electron chi connectivity index (χ3n) is 2.33. The van der Waals surface area contributed by atoms with Gasteiger partial charge >= 0.3 is 0 Å². The predicted molar refractivity (Wildman–Crippen MR) is 59.8 cm³/mol. The lowest BCUT2D eigenvalue weighted by Gasteiger charge is -2.29. The minimum absolute atomic E-state index is 0.387. The van der Waals surface area contributed by atoms with E-state index in [1.54, 1.807) is 0 Å². The monoisotopic (exact) mass is 184 g/mol. The molecular weight excluding hydrogens is 160 g/mol. The largest absolute Gasteiger partial charge is 0.374 e. The van der Waals surface area contributed by atoms with Crippen LogP contribution < -0.4 is 5.32 Å². The molecule has 13 heavy (non-hydrogen) atoms. The Hall–Kier alpha value is -0.500. The van der Waals surface area contributed by atoms with E-state index in [0.29, 0.717) is 6.04 Å². The highest BCUT2D eigenvalue weighted by Gasteiger charge is 2.10. The van der Waals surface area contributed by atoms with Gasteiger partial charge in [-0.2, -0.15) is 0 Å². The minimum Gasteiger partial charge on any atom is -0.374 e. The van der Waals surface area contributed by atoms with Gasteiger partial charge in [0, 0.05) is 24.8 Å². The topological polar surface area (TPSA) is 15.3 Å². The second-order valence-electron chi connectivity index (χ2n) is 3.49. The van der Waals surface area contributed by atoms with Crippen molar-refractivity contribution in [1.82, 2.24) is 10.2 Å². The van der Waals surface area contributed by atoms with Crippen LogP contribution in [0.1, 0.15) is 33.6 Å². The molecule has 0 fully saturated rings. The van der Waals surface area contributed by atoms with Crippen molar-refractivity contribution in [2.45, 2.75) is 39.7 Å². The zero-order valence-corrected chi connectivity index (χ0v) is 9.56. The van der Waals surface area contributed by atoms with Crippen LogP contribution in [0.5, 0.6) is 0 Å². The summed E-state index contributed by atoms with van der Waals surface area (Å²) < 4.78 is 0. The van der Waals surface area contributed by atoms with Crippen LogP contribution in [0.15, 0.2) is 12.3 Å². The van der Waals surface area contributed by atoms with Gasteiger partial charge in [-0.25, -0.2) is 0 Å². The molecule has 0 aliphatic heterocycles. The van der Waals surface area contributed by atoms with Crippen molar-refractivity contribution >= 4 is 0 Å². The van der Waals surface area contributed by atoms with Gasteiger partial charge in [0.05, 0.1) is 0 Å². The fourth-order valence-electron chi connectivity index (χ4n) is 1.38. The summed E-state index contributed by atoms with van der Waals surface area (Å²) in [6, 6.07) is 0.387. The van der Waals surface area contributed by atoms with E-state index in [1.807, 2.05) is 7.05 Å². The van der Waals surface area contributed by atoms with E-state index in [4.69, 9.17) is 0 Å². The van der Waals surface area contributed by atoms with Gasteiger partial charge in [0.15, 0.2) is 0 Å². The zero-order chi connectivity index (χ0) is 10.3. The molecule has 1 atom stereocenters. The summed E-state index contributed by atoms with van der Waals surface area (Å²) in [5.41, 5.74) is 1.21. The Morgan fingerprint density at radius 1 is 1.31 bits per heavy atom. The molecule has 0 saturated carbocycles. The van der Waals surface area contributed by atoms with Crippen molar-refractivity contribution < 1.29 is 0 Å². The van der Waals surface area contributed by atoms with Crippen LogP contribution in [0, 0.1) is 0 Å². The number of rotatable bonds is 7. The Labute approximate surface area is 83.0 Å². The molecule has 0 aliphatic rings. The Morgan fingerprint density at radius 3 is 2.08 bits per heavy atom. The van der Waals surface area contributed by atoms with E-state index in [9.17, 15) is 0 Å². The Bertz CT molecular complexity index is 137. The predicted octanol–water partition coefficient (Wildman–Crippen LogP) is 2.23. The van der Waals surface area contributed by atoms with E-state index in [-0.39, 0.29) is 0 Å². The van der Waals surface area contributed by atoms with Gasteiger partial charge in [-0.3, -0.25) is 0 Å². The molecule has 0 aromatic carbocycles. The zero-order valence-electron chi connectivity index (χ0n) is 9.56. The fourth-order valence-corrected chi connectivity index (χ4v) is 1.38. The van der Waals surface area contributed by atoms with Crippen LogP contribution >= 0.6 is 0 Å². The Kier molecular flexibility index (Phi) is 6.69. The summed E-state index contributed by atoms with van der Waals surface area (Å²) in [4.78, 5) is 2.38. The van der Waals surface area contributed by atoms with Gasteiger partial charge in [-0.15, -0.1) is 0 Å². The van der Waals surface area contributed by atoms with Crippen LogP contribution in [0.25, 0.3) is 0 Å². The fraction of sp³-hybridized carbons (Fsp3) is 0.818. The number of likely N-dealkylation sites (N-methyl/N-ethyl adjacent to an activating group) is 1. The third kappa shape index (κ3) is 4.32. The molecule has 0 bridgehead atoms. The highest BCUT2D eigenvalue weighted by molar-refractivity contribution is 5.02. The van der Waals surface area contributed by atoms with Crippen LogP contribution in [0.3, 0.4) is 0 Å². The molecule has 1 unspecified atom stereocenters. The van der Waals surface area contributed by atoms with Crippen LogP contribution in [-0.2, 0) is 0 Å². The van der Waals surface area contributed by atoms with Crippen LogP contribution in [-0.4, -0.2) is 31.1 Å². The van der Waals surface area contributed by atoms with Gasteiger partial charge in [0.25, 0.3) is 0 Å². The van der Waals surface area contributed by atoms with Gasteiger partial charge in [-0.05, 0) is 26.8 Å². The van der Waals surface area contributed by atoms with Crippen molar-refractivity contribution in [3.8, 4) is 0 Å². The van der Waals surface area contributed by atoms with Gasteiger partial charge in [-0.1, -0.05) is 20.4 Å². The van der Waals surface area contributed by atoms with Gasteiger partial charge < -0.3 is 10.2 Å². The first-order valence-electron chi connectivity index (χ1n) is 5.28. The Morgan fingerprint density at radius 2 is 1.77 bits per heavy atom. The van der Waals surface area contributed by atoms with Crippen molar-refractivity contribution in [1.29, 1.82) is 0 Å². The minimum atomic E-state index is 0.387. The number of nitrogens with zero attached hydrogens (tertiary/aromatic N) is 1. The molecule has 0 aliphatic carbocycles. The molecule has 0 amide bonds. The van der Waals surface area contributed by atoms with Gasteiger partial charge in [0.1, 0.15) is 0 Å². The summed E-state index contributed by atoms with van der Waals surface area (Å²) in [6.45, 7) is 12.9. The standard InChI is InChI=1S/C11H24N2/c1-6-8-13(9-7-2)11(4)10(3)12-5/h10,12H,4,6-9H2,1-3,5H3. The van der Waals surface area contributed by atoms with Crippen LogP contribution in [0.2, 0.25) is 0 Å². The van der Waals surface area contributed by atoms with E-state index in [1.165, 1.54) is 18.5 Å². The molecule has 2 heteroatoms. The SMILES string of the molecule is C=C(C(C)NC)N(CCC)CCC. The molecule has 0 spiro atoms. The summed E-state index contributed by atoms with van der Waals surface area (Å²) in [5.74, 6) is 0. The Balaban J connectivity index is 4.09. The lowest BCUT2D eigenvalue weighted by Crippen LogP contribution is -2.35. The molecular formula is C11H24N2. The highest BCUT2D eigenvalue weighted by Crippen LogP contribution is 2.08. The number of hydrogen-bond donors (Lipinski definition) is 1. The molecule has 0 aromatic rings. The first kappa shape index (κ1) is 12.5. The number of nitrogens with one attached hydrogen (secondary N) is 1. The molecule has 0 aromatic heterocycles. The lowest BCUT2D eigenvalue weighted by atomic mass is 10.2. The summed E-state index contributed by atoms with van der Waals surface area (Å²) in [6.07, 6.45) is 2.38. The van der Waals surface area contributed by atoms with E-state index in [0.717, 1.165) is 13.1 Å². The summed E-state index contributed by atoms with van der Waals surface area (Å²) in [7, 11) is 1.98. The smallest absolute Gasteiger partial charge is 0.0434 e. The highest BCUT2D eigenvalue weighted by atomic mass is 15.2. The van der Waals surface area contributed by atoms with Crippen molar-refractivity contribution in [2.24, 2.45) is 0 Å². The maximum Gasteiger partial charge on any atom is 0.0434 e. The molecule has 2 nitrogen and oxygen atoms in total. The molecule has 1 N–H and O–H groups in total. The molecule has 0 radical (unpaired) electrons. The summed E-state index contributed by atoms with van der Waals surface area (Å²) in [5, 5.41) is 3.22. The van der Waals surface area contributed by atoms with Gasteiger partial charge in [0.2, 0.25) is 0 Å². The van der Waals surface area contributed by atoms with Crippen molar-refractivity contribution in [3.63, 3.8) is 0 Å². The average molecular weight is 184 g/mol. The van der Waals surface area contributed by atoms with E-state index >= 15 is 0 Å². The quantitative estimate of drug-likeness (QED) is 0.653. The normalized spacial score (nSPS) is 12.6. The maximum atomic E-state index is 4.13. The van der Waals surface area contributed by atoms with Crippen molar-refractivity contribution in [3.05, 3.63) is 12.3 Å². The molecule has 0 heterocycles. The van der Waals surface area contributed by atoms with E-state index < -0.39 is 0 Å². The van der Waals surface area contributed by atoms with E-state index in [2.05, 4.69) is 37.6 Å². The molecule has 0 rings (SSSR count). The van der Waals surface area contributed by atoms with Crippen molar-refractivity contribution in [2.75, 3.05) is 20.1 Å². The summed E-state index contributed by atoms with van der Waals surface area (Å²) >= 11 is 0. The molecule has 78 valence electrons. The maximum absolute atomic E-state index is 4.13. The van der Waals surface area contributed by atoms with Crippen LogP contribution in [0.4, 0.5) is 0 Å². The second-order valence-corrected chi connectivity index (χ2v) is 3.49. The lowest BCUT2D eigenvalue weighted by molar-refractivity contribution is 0.318. The second kappa shape index (κ2) is 6.96. The first-order chi connectivity index (χ1) is 6.17. The molecule has 0 saturated heterocycles.